The van der Waals surface area contributed by atoms with Gasteiger partial charge in [-0.3, -0.25) is 0 Å². The molecule has 11 heteroatoms. The van der Waals surface area contributed by atoms with Crippen LogP contribution in [-0.2, 0) is 6.18 Å². The van der Waals surface area contributed by atoms with Crippen molar-refractivity contribution < 1.29 is 18.3 Å². The molecule has 0 atom stereocenters. The molecule has 0 fully saturated rings. The van der Waals surface area contributed by atoms with Gasteiger partial charge in [-0.2, -0.15) is 13.2 Å². The van der Waals surface area contributed by atoms with E-state index in [4.69, 9.17) is 0 Å². The van der Waals surface area contributed by atoms with Crippen LogP contribution in [0.15, 0.2) is 36.7 Å². The van der Waals surface area contributed by atoms with Crippen molar-refractivity contribution >= 4 is 17.5 Å². The first kappa shape index (κ1) is 21.4. The van der Waals surface area contributed by atoms with Gasteiger partial charge in [0.15, 0.2) is 5.82 Å². The maximum absolute atomic E-state index is 12.9. The van der Waals surface area contributed by atoms with E-state index in [0.29, 0.717) is 11.5 Å². The second-order valence-electron chi connectivity index (χ2n) is 7.20. The van der Waals surface area contributed by atoms with Crippen LogP contribution in [0.4, 0.5) is 30.6 Å². The Balaban J connectivity index is 2.02. The number of halogens is 3. The fourth-order valence-corrected chi connectivity index (χ4v) is 2.46. The maximum Gasteiger partial charge on any atom is 0.433 e. The topological polar surface area (TPSA) is 109 Å². The first-order valence-electron chi connectivity index (χ1n) is 8.94. The summed E-state index contributed by atoms with van der Waals surface area (Å²) in [5.41, 5.74) is -0.525. The molecular weight excluding hydrogens is 399 g/mol. The highest BCUT2D eigenvalue weighted by molar-refractivity contribution is 5.62. The minimum absolute atomic E-state index is 0.0773. The Morgan fingerprint density at radius 3 is 2.37 bits per heavy atom. The molecule has 0 aliphatic carbocycles. The van der Waals surface area contributed by atoms with Crippen molar-refractivity contribution in [2.24, 2.45) is 0 Å². The van der Waals surface area contributed by atoms with E-state index in [2.05, 4.69) is 35.6 Å². The van der Waals surface area contributed by atoms with Gasteiger partial charge < -0.3 is 15.7 Å². The quantitative estimate of drug-likeness (QED) is 0.556. The molecule has 30 heavy (non-hydrogen) atoms. The summed E-state index contributed by atoms with van der Waals surface area (Å²) in [4.78, 5) is 20.2. The average molecular weight is 419 g/mol. The van der Waals surface area contributed by atoms with Crippen LogP contribution in [0, 0.1) is 6.92 Å². The van der Waals surface area contributed by atoms with Crippen molar-refractivity contribution in [3.05, 3.63) is 48.0 Å². The van der Waals surface area contributed by atoms with E-state index in [9.17, 15) is 18.3 Å². The predicted molar refractivity (Wildman–Crippen MR) is 105 cm³/mol. The molecule has 3 rings (SSSR count). The summed E-state index contributed by atoms with van der Waals surface area (Å²) in [6, 6.07) is 7.63. The Labute approximate surface area is 170 Å². The van der Waals surface area contributed by atoms with Gasteiger partial charge >= 0.3 is 6.18 Å². The van der Waals surface area contributed by atoms with E-state index in [1.54, 1.807) is 26.0 Å². The van der Waals surface area contributed by atoms with Crippen LogP contribution >= 0.6 is 0 Å². The first-order valence-corrected chi connectivity index (χ1v) is 8.94. The highest BCUT2D eigenvalue weighted by atomic mass is 19.4. The van der Waals surface area contributed by atoms with Gasteiger partial charge in [0.25, 0.3) is 0 Å². The van der Waals surface area contributed by atoms with Crippen molar-refractivity contribution in [2.45, 2.75) is 32.5 Å². The van der Waals surface area contributed by atoms with Gasteiger partial charge in [0.2, 0.25) is 0 Å². The number of pyridine rings is 1. The lowest BCUT2D eigenvalue weighted by molar-refractivity contribution is -0.141. The highest BCUT2D eigenvalue weighted by Gasteiger charge is 2.32. The number of aliphatic hydroxyl groups excluding tert-OH is 1. The minimum Gasteiger partial charge on any atom is -0.394 e. The summed E-state index contributed by atoms with van der Waals surface area (Å²) >= 11 is 0. The number of nitrogens with zero attached hydrogens (tertiary/aromatic N) is 5. The number of aromatic nitrogens is 5. The zero-order valence-corrected chi connectivity index (χ0v) is 16.5. The Bertz CT molecular complexity index is 1040. The molecule has 3 N–H and O–H groups in total. The van der Waals surface area contributed by atoms with E-state index < -0.39 is 17.4 Å². The summed E-state index contributed by atoms with van der Waals surface area (Å²) in [7, 11) is 0. The molecule has 0 aliphatic rings. The molecule has 0 aromatic carbocycles. The third-order valence-electron chi connectivity index (χ3n) is 3.92. The SMILES string of the molecule is Cc1cccc(-c2nc(Nc3cc(C(F)(F)F)ncn3)cc(NC(C)(C)CO)n2)n1. The molecule has 3 aromatic rings. The zero-order chi connectivity index (χ0) is 21.9. The van der Waals surface area contributed by atoms with Gasteiger partial charge in [-0.15, -0.1) is 0 Å². The monoisotopic (exact) mass is 419 g/mol. The number of alkyl halides is 3. The van der Waals surface area contributed by atoms with E-state index >= 15 is 0 Å². The number of rotatable bonds is 6. The van der Waals surface area contributed by atoms with Crippen LogP contribution in [-0.4, -0.2) is 42.2 Å². The zero-order valence-electron chi connectivity index (χ0n) is 16.5. The molecule has 158 valence electrons. The molecule has 0 radical (unpaired) electrons. The molecule has 0 spiro atoms. The lowest BCUT2D eigenvalue weighted by atomic mass is 10.1. The largest absolute Gasteiger partial charge is 0.433 e. The van der Waals surface area contributed by atoms with E-state index in [1.807, 2.05) is 13.0 Å². The lowest BCUT2D eigenvalue weighted by Gasteiger charge is -2.24. The minimum atomic E-state index is -4.60. The molecule has 0 amide bonds. The number of hydrogen-bond acceptors (Lipinski definition) is 8. The molecule has 8 nitrogen and oxygen atoms in total. The molecule has 0 unspecified atom stereocenters. The van der Waals surface area contributed by atoms with Crippen LogP contribution in [0.5, 0.6) is 0 Å². The van der Waals surface area contributed by atoms with Gasteiger partial charge in [0.1, 0.15) is 35.2 Å². The van der Waals surface area contributed by atoms with Crippen molar-refractivity contribution in [2.75, 3.05) is 17.2 Å². The van der Waals surface area contributed by atoms with Gasteiger partial charge in [-0.05, 0) is 32.9 Å². The Morgan fingerprint density at radius 1 is 0.967 bits per heavy atom. The van der Waals surface area contributed by atoms with Crippen LogP contribution in [0.2, 0.25) is 0 Å². The third-order valence-corrected chi connectivity index (χ3v) is 3.92. The fraction of sp³-hybridized carbons (Fsp3) is 0.316. The van der Waals surface area contributed by atoms with Gasteiger partial charge in [0.05, 0.1) is 12.1 Å². The third kappa shape index (κ3) is 5.38. The van der Waals surface area contributed by atoms with Crippen molar-refractivity contribution in [3.8, 4) is 11.5 Å². The summed E-state index contributed by atoms with van der Waals surface area (Å²) in [5.74, 6) is 0.734. The van der Waals surface area contributed by atoms with Crippen LogP contribution in [0.3, 0.4) is 0 Å². The standard InChI is InChI=1S/C19H20F3N7O/c1-11-5-4-6-12(25-11)17-27-15(8-16(28-17)29-18(2,3)9-30)26-14-7-13(19(20,21)22)23-10-24-14/h4-8,10,30H,9H2,1-3H3,(H2,23,24,26,27,28,29). The summed E-state index contributed by atoms with van der Waals surface area (Å²) in [6.45, 7) is 5.19. The van der Waals surface area contributed by atoms with Crippen LogP contribution < -0.4 is 10.6 Å². The number of aryl methyl sites for hydroxylation is 1. The van der Waals surface area contributed by atoms with Gasteiger partial charge in [0, 0.05) is 17.8 Å². The second kappa shape index (κ2) is 8.19. The predicted octanol–water partition coefficient (Wildman–Crippen LogP) is 3.58. The van der Waals surface area contributed by atoms with Crippen molar-refractivity contribution in [3.63, 3.8) is 0 Å². The van der Waals surface area contributed by atoms with E-state index in [1.165, 1.54) is 6.07 Å². The molecule has 0 bridgehead atoms. The summed E-state index contributed by atoms with van der Waals surface area (Å²) in [6.07, 6.45) is -3.77. The summed E-state index contributed by atoms with van der Waals surface area (Å²) in [5, 5.41) is 15.4. The maximum atomic E-state index is 12.9. The number of nitrogens with one attached hydrogen (secondary N) is 2. The highest BCUT2D eigenvalue weighted by Crippen LogP contribution is 2.29. The summed E-state index contributed by atoms with van der Waals surface area (Å²) < 4.78 is 38.8. The van der Waals surface area contributed by atoms with Crippen molar-refractivity contribution in [1.29, 1.82) is 0 Å². The molecule has 0 aliphatic heterocycles. The Kier molecular flexibility index (Phi) is 5.83. The Morgan fingerprint density at radius 2 is 1.70 bits per heavy atom. The smallest absolute Gasteiger partial charge is 0.394 e. The number of aliphatic hydroxyl groups is 1. The van der Waals surface area contributed by atoms with Crippen LogP contribution in [0.25, 0.3) is 11.5 Å². The average Bonchev–Trinajstić information content (AvgIpc) is 2.67. The fourth-order valence-electron chi connectivity index (χ4n) is 2.46. The number of anilines is 3. The molecule has 3 heterocycles. The van der Waals surface area contributed by atoms with Crippen molar-refractivity contribution in [1.82, 2.24) is 24.9 Å². The molecular formula is C19H20F3N7O. The van der Waals surface area contributed by atoms with Crippen LogP contribution in [0.1, 0.15) is 25.2 Å². The van der Waals surface area contributed by atoms with E-state index in [-0.39, 0.29) is 24.1 Å². The first-order chi connectivity index (χ1) is 14.1. The lowest BCUT2D eigenvalue weighted by Crippen LogP contribution is -2.35. The molecule has 0 saturated carbocycles. The molecule has 0 saturated heterocycles. The Hall–Kier alpha value is -3.34. The van der Waals surface area contributed by atoms with Gasteiger partial charge in [-0.1, -0.05) is 6.07 Å². The molecule has 3 aromatic heterocycles. The normalized spacial score (nSPS) is 12.0. The number of hydrogen-bond donors (Lipinski definition) is 3. The van der Waals surface area contributed by atoms with E-state index in [0.717, 1.165) is 18.1 Å². The van der Waals surface area contributed by atoms with Gasteiger partial charge in [-0.25, -0.2) is 24.9 Å². The second-order valence-corrected chi connectivity index (χ2v) is 7.20.